The van der Waals surface area contributed by atoms with Gasteiger partial charge in [-0.15, -0.1) is 0 Å². The second-order valence-electron chi connectivity index (χ2n) is 4.16. The molecule has 1 rings (SSSR count). The molecule has 0 aliphatic carbocycles. The van der Waals surface area contributed by atoms with E-state index in [2.05, 4.69) is 5.32 Å². The molecule has 0 aliphatic rings. The Kier molecular flexibility index (Phi) is 4.87. The van der Waals surface area contributed by atoms with Crippen molar-refractivity contribution in [2.45, 2.75) is 45.7 Å². The molecule has 1 nitrogen and oxygen atoms in total. The molecule has 0 aliphatic heterocycles. The van der Waals surface area contributed by atoms with Crippen molar-refractivity contribution < 1.29 is 8.78 Å². The minimum Gasteiger partial charge on any atom is -0.302 e. The molecule has 0 amide bonds. The van der Waals surface area contributed by atoms with Gasteiger partial charge in [0.25, 0.3) is 6.43 Å². The van der Waals surface area contributed by atoms with Crippen LogP contribution in [-0.4, -0.2) is 12.5 Å². The van der Waals surface area contributed by atoms with E-state index in [1.54, 1.807) is 0 Å². The van der Waals surface area contributed by atoms with E-state index in [-0.39, 0.29) is 6.04 Å². The van der Waals surface area contributed by atoms with Gasteiger partial charge in [0.1, 0.15) is 0 Å². The van der Waals surface area contributed by atoms with Crippen LogP contribution < -0.4 is 5.32 Å². The Hall–Kier alpha value is -0.960. The Balaban J connectivity index is 2.70. The molecule has 1 N–H and O–H groups in total. The van der Waals surface area contributed by atoms with Crippen molar-refractivity contribution in [2.24, 2.45) is 0 Å². The zero-order valence-electron chi connectivity index (χ0n) is 10.0. The van der Waals surface area contributed by atoms with Gasteiger partial charge in [0.2, 0.25) is 0 Å². The Morgan fingerprint density at radius 1 is 1.19 bits per heavy atom. The molecule has 0 fully saturated rings. The molecule has 16 heavy (non-hydrogen) atoms. The molecular formula is C13H19F2N. The molecule has 0 aromatic heterocycles. The van der Waals surface area contributed by atoms with E-state index in [1.165, 1.54) is 12.5 Å². The highest BCUT2D eigenvalue weighted by Gasteiger charge is 2.18. The summed E-state index contributed by atoms with van der Waals surface area (Å²) < 4.78 is 24.9. The monoisotopic (exact) mass is 227 g/mol. The van der Waals surface area contributed by atoms with Crippen LogP contribution in [0.5, 0.6) is 0 Å². The van der Waals surface area contributed by atoms with Crippen molar-refractivity contribution in [3.63, 3.8) is 0 Å². The van der Waals surface area contributed by atoms with E-state index in [9.17, 15) is 8.78 Å². The highest BCUT2D eigenvalue weighted by molar-refractivity contribution is 5.24. The minimum atomic E-state index is -2.32. The van der Waals surface area contributed by atoms with Gasteiger partial charge in [0.15, 0.2) is 0 Å². The van der Waals surface area contributed by atoms with Gasteiger partial charge in [-0.25, -0.2) is 8.78 Å². The lowest BCUT2D eigenvalue weighted by atomic mass is 10.0. The summed E-state index contributed by atoms with van der Waals surface area (Å²) in [5.41, 5.74) is 2.25. The van der Waals surface area contributed by atoms with Crippen molar-refractivity contribution in [1.29, 1.82) is 0 Å². The summed E-state index contributed by atoms with van der Waals surface area (Å²) in [5, 5.41) is 2.95. The van der Waals surface area contributed by atoms with E-state index < -0.39 is 12.5 Å². The van der Waals surface area contributed by atoms with Crippen LogP contribution in [0.25, 0.3) is 0 Å². The Morgan fingerprint density at radius 3 is 2.19 bits per heavy atom. The smallest absolute Gasteiger partial charge is 0.253 e. The number of aryl methyl sites for hydroxylation is 1. The van der Waals surface area contributed by atoms with Crippen LogP contribution in [0.3, 0.4) is 0 Å². The Morgan fingerprint density at radius 2 is 1.75 bits per heavy atom. The minimum absolute atomic E-state index is 0.00426. The van der Waals surface area contributed by atoms with Crippen LogP contribution >= 0.6 is 0 Å². The standard InChI is InChI=1S/C13H19F2N/c1-4-12(16-10(3)13(14)15)11-7-5-9(2)6-8-11/h5-8,10,12-13,16H,4H2,1-3H3. The molecule has 0 saturated heterocycles. The largest absolute Gasteiger partial charge is 0.302 e. The lowest BCUT2D eigenvalue weighted by Gasteiger charge is -2.22. The number of hydrogen-bond acceptors (Lipinski definition) is 1. The lowest BCUT2D eigenvalue weighted by Crippen LogP contribution is -2.35. The maximum Gasteiger partial charge on any atom is 0.253 e. The fourth-order valence-corrected chi connectivity index (χ4v) is 1.64. The van der Waals surface area contributed by atoms with Crippen LogP contribution in [0.1, 0.15) is 37.4 Å². The van der Waals surface area contributed by atoms with Crippen LogP contribution in [-0.2, 0) is 0 Å². The van der Waals surface area contributed by atoms with Gasteiger partial charge in [-0.05, 0) is 25.8 Å². The maximum absolute atomic E-state index is 12.4. The first-order valence-electron chi connectivity index (χ1n) is 5.65. The lowest BCUT2D eigenvalue weighted by molar-refractivity contribution is 0.0995. The van der Waals surface area contributed by atoms with Crippen molar-refractivity contribution in [3.05, 3.63) is 35.4 Å². The number of nitrogens with one attached hydrogen (secondary N) is 1. The number of hydrogen-bond donors (Lipinski definition) is 1. The van der Waals surface area contributed by atoms with E-state index in [4.69, 9.17) is 0 Å². The van der Waals surface area contributed by atoms with Crippen LogP contribution in [0, 0.1) is 6.92 Å². The summed E-state index contributed by atoms with van der Waals surface area (Å²) in [6.45, 7) is 5.52. The fraction of sp³-hybridized carbons (Fsp3) is 0.538. The molecule has 2 atom stereocenters. The van der Waals surface area contributed by atoms with Crippen LogP contribution in [0.2, 0.25) is 0 Å². The fourth-order valence-electron chi connectivity index (χ4n) is 1.64. The van der Waals surface area contributed by atoms with Gasteiger partial charge in [0, 0.05) is 6.04 Å². The number of benzene rings is 1. The number of halogens is 2. The van der Waals surface area contributed by atoms with Gasteiger partial charge in [-0.3, -0.25) is 0 Å². The van der Waals surface area contributed by atoms with Crippen molar-refractivity contribution in [1.82, 2.24) is 5.32 Å². The zero-order chi connectivity index (χ0) is 12.1. The van der Waals surface area contributed by atoms with E-state index in [0.717, 1.165) is 12.0 Å². The third-order valence-corrected chi connectivity index (χ3v) is 2.73. The van der Waals surface area contributed by atoms with Crippen LogP contribution in [0.4, 0.5) is 8.78 Å². The SMILES string of the molecule is CCC(NC(C)C(F)F)c1ccc(C)cc1. The summed E-state index contributed by atoms with van der Waals surface area (Å²) in [5.74, 6) is 0. The first-order valence-corrected chi connectivity index (χ1v) is 5.65. The predicted octanol–water partition coefficient (Wildman–Crippen LogP) is 3.69. The molecule has 0 saturated carbocycles. The van der Waals surface area contributed by atoms with E-state index in [0.29, 0.717) is 0 Å². The molecule has 2 unspecified atom stereocenters. The second-order valence-corrected chi connectivity index (χ2v) is 4.16. The van der Waals surface area contributed by atoms with Gasteiger partial charge in [-0.1, -0.05) is 36.8 Å². The second kappa shape index (κ2) is 5.94. The van der Waals surface area contributed by atoms with Gasteiger partial charge in [-0.2, -0.15) is 0 Å². The van der Waals surface area contributed by atoms with Crippen LogP contribution in [0.15, 0.2) is 24.3 Å². The highest BCUT2D eigenvalue weighted by atomic mass is 19.3. The zero-order valence-corrected chi connectivity index (χ0v) is 10.0. The van der Waals surface area contributed by atoms with Gasteiger partial charge in [0.05, 0.1) is 6.04 Å². The molecule has 0 bridgehead atoms. The summed E-state index contributed by atoms with van der Waals surface area (Å²) >= 11 is 0. The third-order valence-electron chi connectivity index (χ3n) is 2.73. The molecule has 3 heteroatoms. The third kappa shape index (κ3) is 3.56. The summed E-state index contributed by atoms with van der Waals surface area (Å²) in [6.07, 6.45) is -1.51. The van der Waals surface area contributed by atoms with E-state index >= 15 is 0 Å². The highest BCUT2D eigenvalue weighted by Crippen LogP contribution is 2.18. The maximum atomic E-state index is 12.4. The predicted molar refractivity (Wildman–Crippen MR) is 62.8 cm³/mol. The molecule has 0 radical (unpaired) electrons. The topological polar surface area (TPSA) is 12.0 Å². The summed E-state index contributed by atoms with van der Waals surface area (Å²) in [7, 11) is 0. The summed E-state index contributed by atoms with van der Waals surface area (Å²) in [6, 6.07) is 7.24. The Bertz CT molecular complexity index is 308. The average molecular weight is 227 g/mol. The van der Waals surface area contributed by atoms with Crippen molar-refractivity contribution in [2.75, 3.05) is 0 Å². The normalized spacial score (nSPS) is 15.1. The first kappa shape index (κ1) is 13.1. The number of rotatable bonds is 5. The molecule has 0 spiro atoms. The molecule has 0 heterocycles. The average Bonchev–Trinajstić information content (AvgIpc) is 2.26. The Labute approximate surface area is 95.9 Å². The van der Waals surface area contributed by atoms with Crippen molar-refractivity contribution >= 4 is 0 Å². The van der Waals surface area contributed by atoms with Gasteiger partial charge < -0.3 is 5.32 Å². The first-order chi connectivity index (χ1) is 7.54. The molecule has 90 valence electrons. The summed E-state index contributed by atoms with van der Waals surface area (Å²) in [4.78, 5) is 0. The van der Waals surface area contributed by atoms with E-state index in [1.807, 2.05) is 38.1 Å². The molecular weight excluding hydrogens is 208 g/mol. The quantitative estimate of drug-likeness (QED) is 0.809. The molecule has 1 aromatic rings. The van der Waals surface area contributed by atoms with Gasteiger partial charge >= 0.3 is 0 Å². The molecule has 1 aromatic carbocycles. The number of alkyl halides is 2. The van der Waals surface area contributed by atoms with Crippen molar-refractivity contribution in [3.8, 4) is 0 Å².